The lowest BCUT2D eigenvalue weighted by molar-refractivity contribution is -0.298. The first-order valence-electron chi connectivity index (χ1n) is 2.93. The van der Waals surface area contributed by atoms with Gasteiger partial charge in [0.15, 0.2) is 0 Å². The second-order valence-electron chi connectivity index (χ2n) is 1.57. The van der Waals surface area contributed by atoms with E-state index in [0.29, 0.717) is 0 Å². The first kappa shape index (κ1) is 9.12. The molecule has 1 unspecified atom stereocenters. The zero-order valence-corrected chi connectivity index (χ0v) is 6.62. The van der Waals surface area contributed by atoms with Crippen molar-refractivity contribution in [3.05, 3.63) is 6.92 Å². The van der Waals surface area contributed by atoms with Crippen molar-refractivity contribution >= 4 is 7.82 Å². The first-order chi connectivity index (χ1) is 5.27. The van der Waals surface area contributed by atoms with E-state index in [1.807, 2.05) is 0 Å². The molecule has 0 saturated carbocycles. The molecule has 0 bridgehead atoms. The zero-order chi connectivity index (χ0) is 8.16. The number of hydrogen-bond acceptors (Lipinski definition) is 6. The van der Waals surface area contributed by atoms with E-state index in [-0.39, 0.29) is 19.8 Å². The van der Waals surface area contributed by atoms with Crippen LogP contribution in [-0.4, -0.2) is 19.8 Å². The summed E-state index contributed by atoms with van der Waals surface area (Å²) in [4.78, 5) is 8.64. The van der Waals surface area contributed by atoms with Crippen molar-refractivity contribution < 1.29 is 28.2 Å². The van der Waals surface area contributed by atoms with Crippen LogP contribution in [0.15, 0.2) is 0 Å². The molecule has 7 heteroatoms. The summed E-state index contributed by atoms with van der Waals surface area (Å²) in [6.45, 7) is 3.66. The van der Waals surface area contributed by atoms with Gasteiger partial charge in [-0.1, -0.05) is 0 Å². The van der Waals surface area contributed by atoms with E-state index in [2.05, 4.69) is 30.6 Å². The van der Waals surface area contributed by atoms with Crippen molar-refractivity contribution in [2.24, 2.45) is 0 Å². The lowest BCUT2D eigenvalue weighted by Crippen LogP contribution is -2.13. The molecule has 11 heavy (non-hydrogen) atoms. The average molecular weight is 183 g/mol. The third kappa shape index (κ3) is 2.86. The van der Waals surface area contributed by atoms with Crippen molar-refractivity contribution in [3.63, 3.8) is 0 Å². The predicted octanol–water partition coefficient (Wildman–Crippen LogP) is 0.855. The molecule has 6 nitrogen and oxygen atoms in total. The van der Waals surface area contributed by atoms with Gasteiger partial charge in [-0.25, -0.2) is 14.3 Å². The Morgan fingerprint density at radius 2 is 2.36 bits per heavy atom. The summed E-state index contributed by atoms with van der Waals surface area (Å²) in [7, 11) is -3.61. The Hall–Kier alpha value is 0.0300. The molecule has 0 aliphatic carbocycles. The minimum Gasteiger partial charge on any atom is -0.281 e. The molecule has 1 aliphatic rings. The SMILES string of the molecule is [CH2]COOP1(=O)OCCOO1. The highest BCUT2D eigenvalue weighted by atomic mass is 31.2. The molecule has 0 aromatic heterocycles. The van der Waals surface area contributed by atoms with Crippen LogP contribution < -0.4 is 0 Å². The van der Waals surface area contributed by atoms with Crippen LogP contribution in [0.3, 0.4) is 0 Å². The Balaban J connectivity index is 2.32. The van der Waals surface area contributed by atoms with E-state index < -0.39 is 7.82 Å². The molecular formula is C4H8O6P. The normalized spacial score (nSPS) is 32.1. The lowest BCUT2D eigenvalue weighted by Gasteiger charge is -2.18. The van der Waals surface area contributed by atoms with Gasteiger partial charge in [0, 0.05) is 0 Å². The second kappa shape index (κ2) is 4.15. The van der Waals surface area contributed by atoms with Gasteiger partial charge in [-0.2, -0.15) is 0 Å². The molecule has 0 aromatic carbocycles. The van der Waals surface area contributed by atoms with Gasteiger partial charge in [0.25, 0.3) is 0 Å². The molecule has 0 amide bonds. The minimum atomic E-state index is -3.61. The molecule has 1 aliphatic heterocycles. The highest BCUT2D eigenvalue weighted by Gasteiger charge is 2.33. The second-order valence-corrected chi connectivity index (χ2v) is 3.02. The summed E-state index contributed by atoms with van der Waals surface area (Å²) in [5.74, 6) is 0. The van der Waals surface area contributed by atoms with Crippen LogP contribution in [0, 0.1) is 6.92 Å². The fourth-order valence-corrected chi connectivity index (χ4v) is 1.26. The quantitative estimate of drug-likeness (QED) is 0.367. The molecule has 1 rings (SSSR count). The van der Waals surface area contributed by atoms with Crippen LogP contribution in [0.1, 0.15) is 0 Å². The molecule has 1 saturated heterocycles. The van der Waals surface area contributed by atoms with E-state index >= 15 is 0 Å². The number of hydrogen-bond donors (Lipinski definition) is 0. The van der Waals surface area contributed by atoms with Gasteiger partial charge in [-0.15, -0.1) is 9.35 Å². The van der Waals surface area contributed by atoms with Gasteiger partial charge < -0.3 is 0 Å². The highest BCUT2D eigenvalue weighted by molar-refractivity contribution is 7.48. The average Bonchev–Trinajstić information content (AvgIpc) is 2.03. The van der Waals surface area contributed by atoms with Crippen LogP contribution in [-0.2, 0) is 28.2 Å². The van der Waals surface area contributed by atoms with E-state index in [1.165, 1.54) is 0 Å². The Bertz CT molecular complexity index is 149. The lowest BCUT2D eigenvalue weighted by atomic mass is 10.8. The standard InChI is InChI=1S/C4H8O6P/c1-2-6-9-11(5)8-4-3-7-10-11/h1-4H2. The fraction of sp³-hybridized carbons (Fsp3) is 0.750. The highest BCUT2D eigenvalue weighted by Crippen LogP contribution is 2.51. The fourth-order valence-electron chi connectivity index (χ4n) is 0.442. The van der Waals surface area contributed by atoms with Crippen molar-refractivity contribution in [1.82, 2.24) is 0 Å². The topological polar surface area (TPSA) is 63.2 Å². The summed E-state index contributed by atoms with van der Waals surface area (Å²) in [6.07, 6.45) is 0. The van der Waals surface area contributed by atoms with Crippen LogP contribution in [0.4, 0.5) is 0 Å². The molecular weight excluding hydrogens is 175 g/mol. The molecule has 1 heterocycles. The van der Waals surface area contributed by atoms with E-state index in [4.69, 9.17) is 0 Å². The van der Waals surface area contributed by atoms with Crippen molar-refractivity contribution in [2.75, 3.05) is 19.8 Å². The summed E-state index contributed by atoms with van der Waals surface area (Å²) >= 11 is 0. The van der Waals surface area contributed by atoms with Crippen LogP contribution in [0.25, 0.3) is 0 Å². The molecule has 1 fully saturated rings. The summed E-state index contributed by atoms with van der Waals surface area (Å²) in [5.41, 5.74) is 0. The first-order valence-corrected chi connectivity index (χ1v) is 4.39. The van der Waals surface area contributed by atoms with Crippen LogP contribution in [0.2, 0.25) is 0 Å². The van der Waals surface area contributed by atoms with Crippen molar-refractivity contribution in [2.45, 2.75) is 0 Å². The number of rotatable bonds is 3. The Morgan fingerprint density at radius 3 is 2.91 bits per heavy atom. The smallest absolute Gasteiger partial charge is 0.281 e. The predicted molar refractivity (Wildman–Crippen MR) is 33.0 cm³/mol. The van der Waals surface area contributed by atoms with E-state index in [1.54, 1.807) is 0 Å². The zero-order valence-electron chi connectivity index (χ0n) is 5.73. The molecule has 1 radical (unpaired) electrons. The Kier molecular flexibility index (Phi) is 3.45. The molecule has 0 spiro atoms. The minimum absolute atomic E-state index is 0.0106. The van der Waals surface area contributed by atoms with Gasteiger partial charge in [0.2, 0.25) is 0 Å². The monoisotopic (exact) mass is 183 g/mol. The molecule has 1 atom stereocenters. The largest absolute Gasteiger partial charge is 0.529 e. The maximum Gasteiger partial charge on any atom is 0.529 e. The summed E-state index contributed by atoms with van der Waals surface area (Å²) < 4.78 is 24.1. The maximum absolute atomic E-state index is 11.0. The van der Waals surface area contributed by atoms with E-state index in [0.717, 1.165) is 0 Å². The van der Waals surface area contributed by atoms with Gasteiger partial charge >= 0.3 is 7.82 Å². The van der Waals surface area contributed by atoms with Crippen LogP contribution >= 0.6 is 7.82 Å². The Labute approximate surface area is 63.8 Å². The molecule has 0 N–H and O–H groups in total. The third-order valence-corrected chi connectivity index (χ3v) is 1.86. The summed E-state index contributed by atoms with van der Waals surface area (Å²) in [6, 6.07) is 0. The van der Waals surface area contributed by atoms with Gasteiger partial charge in [-0.3, -0.25) is 4.52 Å². The number of phosphoric acid groups is 1. The molecule has 65 valence electrons. The van der Waals surface area contributed by atoms with E-state index in [9.17, 15) is 4.57 Å². The van der Waals surface area contributed by atoms with Gasteiger partial charge in [-0.05, 0) is 6.92 Å². The maximum atomic E-state index is 11.0. The Morgan fingerprint density at radius 1 is 1.55 bits per heavy atom. The van der Waals surface area contributed by atoms with Gasteiger partial charge in [0.05, 0.1) is 13.2 Å². The third-order valence-electron chi connectivity index (χ3n) is 0.787. The van der Waals surface area contributed by atoms with Crippen molar-refractivity contribution in [1.29, 1.82) is 0 Å². The van der Waals surface area contributed by atoms with Crippen molar-refractivity contribution in [3.8, 4) is 0 Å². The molecule has 0 aromatic rings. The van der Waals surface area contributed by atoms with Crippen LogP contribution in [0.5, 0.6) is 0 Å². The van der Waals surface area contributed by atoms with Gasteiger partial charge in [0.1, 0.15) is 6.61 Å². The summed E-state index contributed by atoms with van der Waals surface area (Å²) in [5, 5.41) is 0.